The number of aryl methyl sites for hydroxylation is 2. The number of rotatable bonds is 1. The second-order valence-corrected chi connectivity index (χ2v) is 2.61. The van der Waals surface area contributed by atoms with Crippen molar-refractivity contribution in [1.29, 1.82) is 0 Å². The van der Waals surface area contributed by atoms with Gasteiger partial charge in [-0.3, -0.25) is 9.78 Å². The lowest BCUT2D eigenvalue weighted by atomic mass is 10.3. The van der Waals surface area contributed by atoms with Crippen molar-refractivity contribution in [2.45, 2.75) is 13.3 Å². The van der Waals surface area contributed by atoms with Crippen LogP contribution >= 0.6 is 12.2 Å². The lowest BCUT2D eigenvalue weighted by molar-refractivity contribution is 0.737. The van der Waals surface area contributed by atoms with Gasteiger partial charge in [-0.2, -0.15) is 0 Å². The largest absolute Gasteiger partial charge is 0.395 e. The van der Waals surface area contributed by atoms with Crippen molar-refractivity contribution in [2.75, 3.05) is 5.73 Å². The number of hydrogen-bond acceptors (Lipinski definition) is 2. The third kappa shape index (κ3) is 0.945. The summed E-state index contributed by atoms with van der Waals surface area (Å²) < 4.78 is 2.45. The smallest absolute Gasteiger partial charge is 0.145 e. The van der Waals surface area contributed by atoms with Gasteiger partial charge in [-0.25, -0.2) is 0 Å². The molecule has 0 unspecified atom stereocenters. The molecule has 4 heteroatoms. The maximum atomic E-state index is 5.66. The average molecular weight is 157 g/mol. The van der Waals surface area contributed by atoms with Gasteiger partial charge in [0.15, 0.2) is 0 Å². The number of anilines is 1. The molecule has 0 fully saturated rings. The Balaban J connectivity index is 3.31. The number of hydrogen-bond donors (Lipinski definition) is 2. The minimum absolute atomic E-state index is 0.692. The van der Waals surface area contributed by atoms with E-state index in [2.05, 4.69) is 5.10 Å². The van der Waals surface area contributed by atoms with E-state index in [9.17, 15) is 0 Å². The number of nitrogens with one attached hydrogen (secondary N) is 1. The van der Waals surface area contributed by atoms with Crippen molar-refractivity contribution >= 4 is 17.9 Å². The van der Waals surface area contributed by atoms with Gasteiger partial charge in [0.1, 0.15) is 4.64 Å². The van der Waals surface area contributed by atoms with Crippen LogP contribution in [0.2, 0.25) is 0 Å². The number of H-pyrrole nitrogens is 1. The molecule has 3 N–H and O–H groups in total. The molecule has 0 saturated carbocycles. The zero-order valence-electron chi connectivity index (χ0n) is 6.14. The van der Waals surface area contributed by atoms with Crippen LogP contribution in [0.1, 0.15) is 12.6 Å². The zero-order chi connectivity index (χ0) is 7.72. The van der Waals surface area contributed by atoms with Crippen LogP contribution in [0, 0.1) is 4.64 Å². The van der Waals surface area contributed by atoms with E-state index in [0.717, 1.165) is 12.1 Å². The molecule has 0 aromatic carbocycles. The summed E-state index contributed by atoms with van der Waals surface area (Å²) in [6.07, 6.45) is 0.899. The Hall–Kier alpha value is -0.770. The number of nitrogen functional groups attached to an aromatic ring is 1. The van der Waals surface area contributed by atoms with Gasteiger partial charge in [0.25, 0.3) is 0 Å². The van der Waals surface area contributed by atoms with Crippen LogP contribution in [0.4, 0.5) is 5.69 Å². The van der Waals surface area contributed by atoms with Gasteiger partial charge >= 0.3 is 0 Å². The van der Waals surface area contributed by atoms with E-state index in [0.29, 0.717) is 10.3 Å². The number of nitrogens with zero attached hydrogens (tertiary/aromatic N) is 1. The highest BCUT2D eigenvalue weighted by molar-refractivity contribution is 7.71. The summed E-state index contributed by atoms with van der Waals surface area (Å²) in [5, 5.41) is 3.05. The van der Waals surface area contributed by atoms with E-state index >= 15 is 0 Å². The molecule has 0 saturated heterocycles. The van der Waals surface area contributed by atoms with E-state index < -0.39 is 0 Å². The van der Waals surface area contributed by atoms with Crippen LogP contribution in [0.5, 0.6) is 0 Å². The standard InChI is InChI=1S/C6H11N3S/c1-3-4-5(7)6(10)9(2)8-4/h8H,3,7H2,1-2H3. The van der Waals surface area contributed by atoms with E-state index in [4.69, 9.17) is 18.0 Å². The van der Waals surface area contributed by atoms with Crippen molar-refractivity contribution in [1.82, 2.24) is 9.78 Å². The summed E-state index contributed by atoms with van der Waals surface area (Å²) in [4.78, 5) is 0. The topological polar surface area (TPSA) is 46.7 Å². The van der Waals surface area contributed by atoms with Gasteiger partial charge in [0.2, 0.25) is 0 Å². The van der Waals surface area contributed by atoms with Gasteiger partial charge in [0, 0.05) is 7.05 Å². The SMILES string of the molecule is CCc1[nH]n(C)c(=S)c1N. The summed E-state index contributed by atoms with van der Waals surface area (Å²) in [7, 11) is 1.86. The van der Waals surface area contributed by atoms with Gasteiger partial charge < -0.3 is 5.73 Å². The van der Waals surface area contributed by atoms with Crippen LogP contribution in [-0.2, 0) is 13.5 Å². The zero-order valence-corrected chi connectivity index (χ0v) is 6.96. The average Bonchev–Trinajstić information content (AvgIpc) is 2.17. The Bertz CT molecular complexity index is 284. The molecule has 56 valence electrons. The van der Waals surface area contributed by atoms with Crippen molar-refractivity contribution in [2.24, 2.45) is 7.05 Å². The third-order valence-electron chi connectivity index (χ3n) is 1.52. The minimum Gasteiger partial charge on any atom is -0.395 e. The van der Waals surface area contributed by atoms with Crippen molar-refractivity contribution < 1.29 is 0 Å². The molecule has 1 heterocycles. The molecule has 0 atom stereocenters. The summed E-state index contributed by atoms with van der Waals surface area (Å²) >= 11 is 4.99. The normalized spacial score (nSPS) is 10.2. The molecular formula is C6H11N3S. The molecular weight excluding hydrogens is 146 g/mol. The molecule has 0 aliphatic rings. The first kappa shape index (κ1) is 7.34. The Kier molecular flexibility index (Phi) is 1.80. The molecule has 0 spiro atoms. The first-order valence-electron chi connectivity index (χ1n) is 3.20. The molecule has 0 aliphatic heterocycles. The molecule has 10 heavy (non-hydrogen) atoms. The summed E-state index contributed by atoms with van der Waals surface area (Å²) in [6, 6.07) is 0. The van der Waals surface area contributed by atoms with Gasteiger partial charge in [-0.1, -0.05) is 19.1 Å². The van der Waals surface area contributed by atoms with Crippen LogP contribution in [0.15, 0.2) is 0 Å². The fraction of sp³-hybridized carbons (Fsp3) is 0.500. The van der Waals surface area contributed by atoms with Gasteiger partial charge in [-0.05, 0) is 6.42 Å². The number of nitrogens with two attached hydrogens (primary N) is 1. The molecule has 0 radical (unpaired) electrons. The third-order valence-corrected chi connectivity index (χ3v) is 2.01. The maximum Gasteiger partial charge on any atom is 0.145 e. The highest BCUT2D eigenvalue weighted by atomic mass is 32.1. The Morgan fingerprint density at radius 1 is 1.70 bits per heavy atom. The van der Waals surface area contributed by atoms with Crippen LogP contribution in [-0.4, -0.2) is 9.78 Å². The molecule has 1 aromatic heterocycles. The lowest BCUT2D eigenvalue weighted by Gasteiger charge is -1.89. The highest BCUT2D eigenvalue weighted by Crippen LogP contribution is 2.10. The van der Waals surface area contributed by atoms with E-state index in [1.807, 2.05) is 14.0 Å². The van der Waals surface area contributed by atoms with Crippen LogP contribution in [0.25, 0.3) is 0 Å². The lowest BCUT2D eigenvalue weighted by Crippen LogP contribution is -1.90. The van der Waals surface area contributed by atoms with Gasteiger partial charge in [0.05, 0.1) is 11.4 Å². The first-order chi connectivity index (χ1) is 4.66. The fourth-order valence-electron chi connectivity index (χ4n) is 0.893. The van der Waals surface area contributed by atoms with Gasteiger partial charge in [-0.15, -0.1) is 0 Å². The van der Waals surface area contributed by atoms with E-state index in [1.54, 1.807) is 4.68 Å². The van der Waals surface area contributed by atoms with Crippen molar-refractivity contribution in [3.05, 3.63) is 10.3 Å². The van der Waals surface area contributed by atoms with Crippen molar-refractivity contribution in [3.63, 3.8) is 0 Å². The fourth-order valence-corrected chi connectivity index (χ4v) is 1.06. The second-order valence-electron chi connectivity index (χ2n) is 2.22. The molecule has 3 nitrogen and oxygen atoms in total. The van der Waals surface area contributed by atoms with E-state index in [1.165, 1.54) is 0 Å². The van der Waals surface area contributed by atoms with Crippen LogP contribution in [0.3, 0.4) is 0 Å². The number of aromatic nitrogens is 2. The van der Waals surface area contributed by atoms with Crippen molar-refractivity contribution in [3.8, 4) is 0 Å². The Morgan fingerprint density at radius 2 is 2.30 bits per heavy atom. The quantitative estimate of drug-likeness (QED) is 0.602. The van der Waals surface area contributed by atoms with E-state index in [-0.39, 0.29) is 0 Å². The summed E-state index contributed by atoms with van der Waals surface area (Å²) in [5.41, 5.74) is 7.39. The Morgan fingerprint density at radius 3 is 2.50 bits per heavy atom. The maximum absolute atomic E-state index is 5.66. The highest BCUT2D eigenvalue weighted by Gasteiger charge is 2.01. The predicted octanol–water partition coefficient (Wildman–Crippen LogP) is 1.23. The molecule has 1 rings (SSSR count). The minimum atomic E-state index is 0.692. The second kappa shape index (κ2) is 2.46. The molecule has 1 aromatic rings. The monoisotopic (exact) mass is 157 g/mol. The number of aromatic amines is 1. The van der Waals surface area contributed by atoms with Crippen LogP contribution < -0.4 is 5.73 Å². The summed E-state index contributed by atoms with van der Waals surface area (Å²) in [6.45, 7) is 2.04. The Labute approximate surface area is 64.8 Å². The first-order valence-corrected chi connectivity index (χ1v) is 3.61. The molecule has 0 amide bonds. The summed E-state index contributed by atoms with van der Waals surface area (Å²) in [5.74, 6) is 0. The predicted molar refractivity (Wildman–Crippen MR) is 44.4 cm³/mol. The molecule has 0 bridgehead atoms. The molecule has 0 aliphatic carbocycles.